The first-order chi connectivity index (χ1) is 9.02. The molecule has 0 spiro atoms. The second-order valence-electron chi connectivity index (χ2n) is 5.14. The third-order valence-electron chi connectivity index (χ3n) is 3.85. The van der Waals surface area contributed by atoms with Crippen LogP contribution in [-0.4, -0.2) is 42.9 Å². The van der Waals surface area contributed by atoms with E-state index in [4.69, 9.17) is 0 Å². The molecule has 19 heavy (non-hydrogen) atoms. The molecule has 1 heterocycles. The molecule has 104 valence electrons. The lowest BCUT2D eigenvalue weighted by Crippen LogP contribution is -2.52. The van der Waals surface area contributed by atoms with E-state index >= 15 is 0 Å². The van der Waals surface area contributed by atoms with E-state index in [1.807, 2.05) is 0 Å². The summed E-state index contributed by atoms with van der Waals surface area (Å²) in [6.07, 6.45) is 0. The zero-order chi connectivity index (χ0) is 14.0. The maximum atomic E-state index is 13.3. The fourth-order valence-corrected chi connectivity index (χ4v) is 2.75. The normalized spacial score (nSPS) is 20.6. The van der Waals surface area contributed by atoms with Gasteiger partial charge >= 0.3 is 0 Å². The van der Waals surface area contributed by atoms with Crippen LogP contribution in [0.2, 0.25) is 0 Å². The summed E-state index contributed by atoms with van der Waals surface area (Å²) in [6.45, 7) is 9.61. The number of likely N-dealkylation sites (N-methyl/N-ethyl adjacent to an activating group) is 1. The number of benzene rings is 1. The van der Waals surface area contributed by atoms with E-state index in [0.717, 1.165) is 31.9 Å². The standard InChI is InChI=1S/C15H21FN2O/c1-4-17-7-8-18(10-11(17)2)15-6-5-13(16)9-14(15)12(3)19/h5-6,9,11H,4,7-8,10H2,1-3H3. The van der Waals surface area contributed by atoms with Crippen molar-refractivity contribution in [1.82, 2.24) is 4.90 Å². The number of piperazine rings is 1. The maximum Gasteiger partial charge on any atom is 0.161 e. The summed E-state index contributed by atoms with van der Waals surface area (Å²) in [6, 6.07) is 4.94. The summed E-state index contributed by atoms with van der Waals surface area (Å²) in [5.74, 6) is -0.436. The Kier molecular flexibility index (Phi) is 4.20. The van der Waals surface area contributed by atoms with Crippen molar-refractivity contribution in [2.75, 3.05) is 31.1 Å². The number of nitrogens with zero attached hydrogens (tertiary/aromatic N) is 2. The number of carbonyl (C=O) groups is 1. The summed E-state index contributed by atoms with van der Waals surface area (Å²) in [5, 5.41) is 0. The average molecular weight is 264 g/mol. The van der Waals surface area contributed by atoms with Crippen molar-refractivity contribution in [2.45, 2.75) is 26.8 Å². The fourth-order valence-electron chi connectivity index (χ4n) is 2.75. The van der Waals surface area contributed by atoms with Crippen LogP contribution in [0.15, 0.2) is 18.2 Å². The van der Waals surface area contributed by atoms with Crippen molar-refractivity contribution >= 4 is 11.5 Å². The number of carbonyl (C=O) groups excluding carboxylic acids is 1. The summed E-state index contributed by atoms with van der Waals surface area (Å²) in [5.41, 5.74) is 1.34. The van der Waals surface area contributed by atoms with Gasteiger partial charge in [-0.3, -0.25) is 9.69 Å². The lowest BCUT2D eigenvalue weighted by atomic mass is 10.1. The summed E-state index contributed by atoms with van der Waals surface area (Å²) < 4.78 is 13.3. The van der Waals surface area contributed by atoms with Crippen LogP contribution in [0.3, 0.4) is 0 Å². The Balaban J connectivity index is 2.25. The summed E-state index contributed by atoms with van der Waals surface area (Å²) >= 11 is 0. The highest BCUT2D eigenvalue weighted by Crippen LogP contribution is 2.25. The molecule has 1 aromatic carbocycles. The highest BCUT2D eigenvalue weighted by molar-refractivity contribution is 5.99. The minimum absolute atomic E-state index is 0.0833. The lowest BCUT2D eigenvalue weighted by molar-refractivity contribution is 0.101. The predicted octanol–water partition coefficient (Wildman–Crippen LogP) is 2.56. The van der Waals surface area contributed by atoms with Crippen LogP contribution in [0.25, 0.3) is 0 Å². The van der Waals surface area contributed by atoms with Crippen LogP contribution < -0.4 is 4.90 Å². The molecule has 0 aromatic heterocycles. The molecular formula is C15H21FN2O. The molecule has 1 aliphatic rings. The third kappa shape index (κ3) is 2.95. The molecule has 0 aliphatic carbocycles. The van der Waals surface area contributed by atoms with Gasteiger partial charge < -0.3 is 4.90 Å². The number of rotatable bonds is 3. The number of hydrogen-bond donors (Lipinski definition) is 0. The van der Waals surface area contributed by atoms with Gasteiger partial charge in [0.15, 0.2) is 5.78 Å². The highest BCUT2D eigenvalue weighted by atomic mass is 19.1. The number of halogens is 1. The van der Waals surface area contributed by atoms with Crippen molar-refractivity contribution in [1.29, 1.82) is 0 Å². The average Bonchev–Trinajstić information content (AvgIpc) is 2.38. The first kappa shape index (κ1) is 14.0. The number of anilines is 1. The van der Waals surface area contributed by atoms with Crippen LogP contribution >= 0.6 is 0 Å². The molecule has 1 aromatic rings. The molecule has 0 radical (unpaired) electrons. The Morgan fingerprint density at radius 3 is 2.74 bits per heavy atom. The zero-order valence-electron chi connectivity index (χ0n) is 11.8. The second-order valence-corrected chi connectivity index (χ2v) is 5.14. The van der Waals surface area contributed by atoms with Crippen molar-refractivity contribution in [3.05, 3.63) is 29.6 Å². The Morgan fingerprint density at radius 2 is 2.16 bits per heavy atom. The monoisotopic (exact) mass is 264 g/mol. The number of Topliss-reactive ketones (excluding diaryl/α,β-unsaturated/α-hetero) is 1. The highest BCUT2D eigenvalue weighted by Gasteiger charge is 2.24. The Morgan fingerprint density at radius 1 is 1.42 bits per heavy atom. The van der Waals surface area contributed by atoms with Gasteiger partial charge in [-0.25, -0.2) is 4.39 Å². The minimum atomic E-state index is -0.353. The molecule has 4 heteroatoms. The third-order valence-corrected chi connectivity index (χ3v) is 3.85. The Hall–Kier alpha value is -1.42. The van der Waals surface area contributed by atoms with E-state index in [0.29, 0.717) is 11.6 Å². The lowest BCUT2D eigenvalue weighted by Gasteiger charge is -2.41. The Bertz CT molecular complexity index is 475. The van der Waals surface area contributed by atoms with Gasteiger partial charge in [-0.15, -0.1) is 0 Å². The first-order valence-corrected chi connectivity index (χ1v) is 6.82. The maximum absolute atomic E-state index is 13.3. The zero-order valence-corrected chi connectivity index (χ0v) is 11.8. The molecule has 0 N–H and O–H groups in total. The van der Waals surface area contributed by atoms with E-state index in [-0.39, 0.29) is 11.6 Å². The SMILES string of the molecule is CCN1CCN(c2ccc(F)cc2C(C)=O)CC1C. The molecule has 2 rings (SSSR count). The molecule has 1 unspecified atom stereocenters. The van der Waals surface area contributed by atoms with E-state index < -0.39 is 0 Å². The predicted molar refractivity (Wildman–Crippen MR) is 75.3 cm³/mol. The molecule has 0 bridgehead atoms. The van der Waals surface area contributed by atoms with Gasteiger partial charge in [-0.1, -0.05) is 6.92 Å². The van der Waals surface area contributed by atoms with Gasteiger partial charge in [0.05, 0.1) is 0 Å². The fraction of sp³-hybridized carbons (Fsp3) is 0.533. The van der Waals surface area contributed by atoms with Gasteiger partial charge in [0.2, 0.25) is 0 Å². The van der Waals surface area contributed by atoms with E-state index in [9.17, 15) is 9.18 Å². The molecule has 1 atom stereocenters. The topological polar surface area (TPSA) is 23.6 Å². The van der Waals surface area contributed by atoms with Crippen LogP contribution in [-0.2, 0) is 0 Å². The molecule has 3 nitrogen and oxygen atoms in total. The van der Waals surface area contributed by atoms with Crippen LogP contribution in [0, 0.1) is 5.82 Å². The van der Waals surface area contributed by atoms with Gasteiger partial charge in [-0.2, -0.15) is 0 Å². The molecule has 1 aliphatic heterocycles. The number of ketones is 1. The summed E-state index contributed by atoms with van der Waals surface area (Å²) in [7, 11) is 0. The molecule has 1 fully saturated rings. The van der Waals surface area contributed by atoms with Gasteiger partial charge in [0, 0.05) is 36.9 Å². The smallest absolute Gasteiger partial charge is 0.161 e. The molecule has 0 saturated carbocycles. The second kappa shape index (κ2) is 5.70. The first-order valence-electron chi connectivity index (χ1n) is 6.82. The van der Waals surface area contributed by atoms with Crippen LogP contribution in [0.4, 0.5) is 10.1 Å². The van der Waals surface area contributed by atoms with Crippen molar-refractivity contribution in [3.63, 3.8) is 0 Å². The largest absolute Gasteiger partial charge is 0.368 e. The van der Waals surface area contributed by atoms with Gasteiger partial charge in [-0.05, 0) is 38.6 Å². The molecular weight excluding hydrogens is 243 g/mol. The van der Waals surface area contributed by atoms with Gasteiger partial charge in [0.1, 0.15) is 5.82 Å². The molecule has 0 amide bonds. The van der Waals surface area contributed by atoms with Crippen molar-refractivity contribution in [2.24, 2.45) is 0 Å². The van der Waals surface area contributed by atoms with Crippen molar-refractivity contribution in [3.8, 4) is 0 Å². The van der Waals surface area contributed by atoms with Gasteiger partial charge in [0.25, 0.3) is 0 Å². The summed E-state index contributed by atoms with van der Waals surface area (Å²) in [4.78, 5) is 16.3. The minimum Gasteiger partial charge on any atom is -0.368 e. The van der Waals surface area contributed by atoms with E-state index in [1.165, 1.54) is 19.1 Å². The van der Waals surface area contributed by atoms with E-state index in [2.05, 4.69) is 23.6 Å². The van der Waals surface area contributed by atoms with Crippen molar-refractivity contribution < 1.29 is 9.18 Å². The Labute approximate surface area is 114 Å². The van der Waals surface area contributed by atoms with E-state index in [1.54, 1.807) is 6.07 Å². The van der Waals surface area contributed by atoms with Crippen LogP contribution in [0.1, 0.15) is 31.1 Å². The molecule has 1 saturated heterocycles. The van der Waals surface area contributed by atoms with Crippen LogP contribution in [0.5, 0.6) is 0 Å². The number of hydrogen-bond acceptors (Lipinski definition) is 3. The quantitative estimate of drug-likeness (QED) is 0.784.